The van der Waals surface area contributed by atoms with E-state index in [0.29, 0.717) is 12.8 Å². The zero-order valence-corrected chi connectivity index (χ0v) is 24.5. The van der Waals surface area contributed by atoms with Crippen molar-refractivity contribution in [3.8, 4) is 0 Å². The van der Waals surface area contributed by atoms with Crippen LogP contribution in [0.5, 0.6) is 0 Å². The summed E-state index contributed by atoms with van der Waals surface area (Å²) >= 11 is 0. The molecule has 0 unspecified atom stereocenters. The lowest BCUT2D eigenvalue weighted by molar-refractivity contribution is -0.354. The number of rotatable bonds is 11. The molecule has 0 amide bonds. The Morgan fingerprint density at radius 3 is 2.17 bits per heavy atom. The second-order valence-electron chi connectivity index (χ2n) is 12.4. The van der Waals surface area contributed by atoms with Crippen molar-refractivity contribution in [1.29, 1.82) is 0 Å². The molecule has 6 N–H and O–H groups in total. The third-order valence-corrected chi connectivity index (χ3v) is 9.51. The van der Waals surface area contributed by atoms with Crippen LogP contribution in [0.3, 0.4) is 0 Å². The summed E-state index contributed by atoms with van der Waals surface area (Å²) in [5, 5.41) is 74.9. The molecule has 2 heterocycles. The van der Waals surface area contributed by atoms with Crippen molar-refractivity contribution in [1.82, 2.24) is 0 Å². The van der Waals surface area contributed by atoms with Crippen LogP contribution in [-0.2, 0) is 28.5 Å². The third kappa shape index (κ3) is 7.81. The minimum atomic E-state index is -1.60. The number of carbonyl (C=O) groups excluding carboxylic acids is 1. The molecule has 4 aliphatic rings. The molecule has 2 saturated carbocycles. The second-order valence-corrected chi connectivity index (χ2v) is 12.4. The molecule has 244 valence electrons. The number of aliphatic carboxylic acids is 1. The van der Waals surface area contributed by atoms with Gasteiger partial charge in [-0.2, -0.15) is 0 Å². The van der Waals surface area contributed by atoms with Gasteiger partial charge >= 0.3 is 0 Å². The Hall–Kier alpha value is -0.970. The topological polar surface area (TPSA) is 208 Å². The summed E-state index contributed by atoms with van der Waals surface area (Å²) in [4.78, 5) is 12.0. The van der Waals surface area contributed by atoms with Crippen LogP contribution < -0.4 is 5.11 Å². The lowest BCUT2D eigenvalue weighted by atomic mass is 9.82. The fraction of sp³-hybridized carbons (Fsp3) is 0.966. The summed E-state index contributed by atoms with van der Waals surface area (Å²) in [7, 11) is 0. The van der Waals surface area contributed by atoms with E-state index in [1.807, 2.05) is 6.92 Å². The highest BCUT2D eigenvalue weighted by Crippen LogP contribution is 2.37. The predicted molar refractivity (Wildman–Crippen MR) is 142 cm³/mol. The zero-order chi connectivity index (χ0) is 30.6. The smallest absolute Gasteiger partial charge is 0.187 e. The lowest BCUT2D eigenvalue weighted by Gasteiger charge is -2.47. The van der Waals surface area contributed by atoms with Gasteiger partial charge in [0.1, 0.15) is 42.7 Å². The predicted octanol–water partition coefficient (Wildman–Crippen LogP) is -1.29. The molecule has 13 nitrogen and oxygen atoms in total. The summed E-state index contributed by atoms with van der Waals surface area (Å²) in [5.41, 5.74) is 0. The van der Waals surface area contributed by atoms with Gasteiger partial charge in [-0.3, -0.25) is 0 Å². The van der Waals surface area contributed by atoms with Crippen LogP contribution in [0.1, 0.15) is 78.1 Å². The maximum atomic E-state index is 12.0. The first-order chi connectivity index (χ1) is 20.0. The molecule has 2 aliphatic carbocycles. The highest BCUT2D eigenvalue weighted by Gasteiger charge is 2.50. The molecular formula is C29H49O13-. The van der Waals surface area contributed by atoms with Crippen LogP contribution in [0.15, 0.2) is 0 Å². The summed E-state index contributed by atoms with van der Waals surface area (Å²) in [6, 6.07) is 0. The van der Waals surface area contributed by atoms with Crippen molar-refractivity contribution in [2.45, 2.75) is 158 Å². The van der Waals surface area contributed by atoms with Crippen LogP contribution in [0.4, 0.5) is 0 Å². The number of hydrogen-bond acceptors (Lipinski definition) is 13. The van der Waals surface area contributed by atoms with Crippen molar-refractivity contribution in [2.75, 3.05) is 6.61 Å². The molecule has 2 saturated heterocycles. The van der Waals surface area contributed by atoms with Crippen LogP contribution in [0.2, 0.25) is 0 Å². The highest BCUT2D eigenvalue weighted by molar-refractivity contribution is 5.70. The number of carboxylic acids is 1. The normalized spacial score (nSPS) is 44.5. The molecule has 0 aromatic heterocycles. The maximum Gasteiger partial charge on any atom is 0.187 e. The van der Waals surface area contributed by atoms with Gasteiger partial charge in [0.25, 0.3) is 0 Å². The summed E-state index contributed by atoms with van der Waals surface area (Å²) in [6.45, 7) is 2.90. The molecule has 0 spiro atoms. The molecule has 13 heteroatoms. The third-order valence-electron chi connectivity index (χ3n) is 9.51. The maximum absolute atomic E-state index is 12.0. The van der Waals surface area contributed by atoms with Gasteiger partial charge in [0, 0.05) is 0 Å². The molecule has 0 aromatic rings. The van der Waals surface area contributed by atoms with E-state index < -0.39 is 92.3 Å². The first-order valence-electron chi connectivity index (χ1n) is 15.5. The number of carbonyl (C=O) groups is 1. The minimum absolute atomic E-state index is 0.0381. The number of aliphatic hydroxyl groups is 6. The molecular weight excluding hydrogens is 556 g/mol. The SMILES string of the molecule is CC[C@H]1CCC[C@@H](O[C@@H]2O[C@H](CO)[C@H](O)[C@H](O[C@@H](CC3CCCCC3)C(=O)[O-])[C@H]2O)[C@@H]1O[C@@H]1O[C@@H](C)[C@@H](O)[C@@H](O)[C@@H]1O. The van der Waals surface area contributed by atoms with Crippen molar-refractivity contribution < 1.29 is 64.2 Å². The zero-order valence-electron chi connectivity index (χ0n) is 24.5. The quantitative estimate of drug-likeness (QED) is 0.162. The van der Waals surface area contributed by atoms with Crippen molar-refractivity contribution in [2.24, 2.45) is 11.8 Å². The molecule has 42 heavy (non-hydrogen) atoms. The van der Waals surface area contributed by atoms with Gasteiger partial charge in [-0.15, -0.1) is 0 Å². The van der Waals surface area contributed by atoms with E-state index in [4.69, 9.17) is 23.7 Å². The number of carboxylic acid groups (broad SMARTS) is 1. The Labute approximate surface area is 246 Å². The molecule has 0 bridgehead atoms. The van der Waals surface area contributed by atoms with Gasteiger partial charge in [-0.1, -0.05) is 51.9 Å². The second kappa shape index (κ2) is 15.3. The largest absolute Gasteiger partial charge is 0.547 e. The van der Waals surface area contributed by atoms with E-state index in [-0.39, 0.29) is 18.3 Å². The lowest BCUT2D eigenvalue weighted by Crippen LogP contribution is -2.63. The van der Waals surface area contributed by atoms with Gasteiger partial charge in [0.15, 0.2) is 12.6 Å². The monoisotopic (exact) mass is 605 g/mol. The van der Waals surface area contributed by atoms with E-state index in [9.17, 15) is 40.5 Å². The standard InChI is InChI=1S/C29H50O13/c1-3-16-10-7-11-17(25(16)42-28-23(34)22(33)20(31)14(2)38-28)40-29-24(35)26(21(32)19(13-30)41-29)39-18(27(36)37)12-15-8-5-4-6-9-15/h14-26,28-35H,3-13H2,1-2H3,(H,36,37)/p-1/t14-,16-,17+,18-,19+,20+,21-,22+,23-,24+,25+,26-,28-,29+/m0/s1. The van der Waals surface area contributed by atoms with E-state index in [2.05, 4.69) is 0 Å². The Balaban J connectivity index is 1.49. The van der Waals surface area contributed by atoms with Crippen LogP contribution in [0, 0.1) is 11.8 Å². The average Bonchev–Trinajstić information content (AvgIpc) is 2.98. The van der Waals surface area contributed by atoms with Crippen molar-refractivity contribution in [3.63, 3.8) is 0 Å². The van der Waals surface area contributed by atoms with E-state index in [1.165, 1.54) is 0 Å². The summed E-state index contributed by atoms with van der Waals surface area (Å²) < 4.78 is 29.6. The molecule has 4 fully saturated rings. The summed E-state index contributed by atoms with van der Waals surface area (Å²) in [6.07, 6.45) is -8.45. The van der Waals surface area contributed by atoms with Gasteiger partial charge in [0.2, 0.25) is 0 Å². The van der Waals surface area contributed by atoms with Gasteiger partial charge in [0.05, 0.1) is 37.0 Å². The summed E-state index contributed by atoms with van der Waals surface area (Å²) in [5.74, 6) is -1.35. The molecule has 0 aromatic carbocycles. The fourth-order valence-electron chi connectivity index (χ4n) is 6.90. The highest BCUT2D eigenvalue weighted by atomic mass is 16.7. The number of ether oxygens (including phenoxy) is 5. The van der Waals surface area contributed by atoms with Crippen molar-refractivity contribution >= 4 is 5.97 Å². The average molecular weight is 606 g/mol. The van der Waals surface area contributed by atoms with Gasteiger partial charge < -0.3 is 64.2 Å². The van der Waals surface area contributed by atoms with Crippen molar-refractivity contribution in [3.05, 3.63) is 0 Å². The molecule has 0 radical (unpaired) electrons. The van der Waals surface area contributed by atoms with Crippen LogP contribution >= 0.6 is 0 Å². The molecule has 2 aliphatic heterocycles. The Kier molecular flexibility index (Phi) is 12.4. The first kappa shape index (κ1) is 33.9. The Morgan fingerprint density at radius 1 is 0.833 bits per heavy atom. The van der Waals surface area contributed by atoms with E-state index in [1.54, 1.807) is 6.92 Å². The number of hydrogen-bond donors (Lipinski definition) is 6. The van der Waals surface area contributed by atoms with Crippen LogP contribution in [0.25, 0.3) is 0 Å². The first-order valence-corrected chi connectivity index (χ1v) is 15.5. The Morgan fingerprint density at radius 2 is 1.52 bits per heavy atom. The Bertz CT molecular complexity index is 840. The number of aliphatic hydroxyl groups excluding tert-OH is 6. The minimum Gasteiger partial charge on any atom is -0.547 e. The molecule has 14 atom stereocenters. The van der Waals surface area contributed by atoms with Gasteiger partial charge in [-0.25, -0.2) is 0 Å². The van der Waals surface area contributed by atoms with Crippen LogP contribution in [-0.4, -0.2) is 123 Å². The fourth-order valence-corrected chi connectivity index (χ4v) is 6.90. The van der Waals surface area contributed by atoms with E-state index >= 15 is 0 Å². The molecule has 4 rings (SSSR count). The van der Waals surface area contributed by atoms with Gasteiger partial charge in [-0.05, 0) is 38.0 Å². The van der Waals surface area contributed by atoms with E-state index in [0.717, 1.165) is 44.9 Å².